The van der Waals surface area contributed by atoms with Crippen molar-refractivity contribution in [1.29, 1.82) is 0 Å². The van der Waals surface area contributed by atoms with E-state index in [1.165, 1.54) is 60.7 Å². The molecule has 0 bridgehead atoms. The largest absolute Gasteiger partial charge is 1.00 e. The second kappa shape index (κ2) is 36.1. The molecule has 4 aromatic carbocycles. The van der Waals surface area contributed by atoms with E-state index in [4.69, 9.17) is 37.9 Å². The molecule has 0 radical (unpaired) electrons. The summed E-state index contributed by atoms with van der Waals surface area (Å²) in [5, 5.41) is 18.1. The molecule has 0 spiro atoms. The van der Waals surface area contributed by atoms with Crippen molar-refractivity contribution in [3.8, 4) is 23.0 Å². The third-order valence-corrected chi connectivity index (χ3v) is 16.3. The van der Waals surface area contributed by atoms with Gasteiger partial charge in [0.2, 0.25) is 0 Å². The number of epoxide rings is 4. The Balaban J connectivity index is 0.000000598. The number of hydrogen-bond acceptors (Lipinski definition) is 23. The first-order valence-electron chi connectivity index (χ1n) is 23.4. The number of nitrogens with zero attached hydrogens (tertiary/aromatic N) is 3. The molecule has 46 heteroatoms. The van der Waals surface area contributed by atoms with Crippen LogP contribution >= 0.6 is 0 Å². The molecule has 4 saturated heterocycles. The van der Waals surface area contributed by atoms with E-state index >= 15 is 0 Å². The van der Waals surface area contributed by atoms with Gasteiger partial charge < -0.3 is 61.5 Å². The predicted octanol–water partition coefficient (Wildman–Crippen LogP) is -8.62. The second-order valence-electron chi connectivity index (χ2n) is 17.3. The standard InChI is InChI=1S/C13H14F2O7S.2C11H10F3NO5S.C10H9F3NO6S2.2K.Li.Na/c1-8(13(14,15)23(17,18)19)22-12(16)9-2-4-10(5-3-9)20-6-11-7-21-11;2*12-11(13,14)21(17,18)15-10(16)7-1-3-8(4-2-7)19-5-9-6-20-9;11-10(12,13)22(17,18)14-21(15,16)9-3-1-7(2-4-9)19-5-8-6-20-8;;;;/h2-5,8,11H,6-7H2,1H3,(H,17,18,19);2*1-4,9H,5-6H2,(H,15,16);1-4,8H,5-6H2;;;;/q;;;-1;4*+1/p-3. The topological polar surface area (TPSA) is 392 Å². The summed E-state index contributed by atoms with van der Waals surface area (Å²) in [6.07, 6.45) is -2.34. The van der Waals surface area contributed by atoms with Crippen LogP contribution < -0.4 is 180 Å². The van der Waals surface area contributed by atoms with Gasteiger partial charge in [-0.15, -0.1) is 0 Å². The number of esters is 1. The molecule has 91 heavy (non-hydrogen) atoms. The van der Waals surface area contributed by atoms with Crippen LogP contribution in [-0.4, -0.2) is 170 Å². The monoisotopic (exact) mass is 1470 g/mol. The summed E-state index contributed by atoms with van der Waals surface area (Å²) in [5.41, 5.74) is -17.7. The van der Waals surface area contributed by atoms with Crippen molar-refractivity contribution in [3.63, 3.8) is 0 Å². The fraction of sp³-hybridized carbons (Fsp3) is 0.400. The zero-order chi connectivity index (χ0) is 65.2. The van der Waals surface area contributed by atoms with E-state index in [-0.39, 0.29) is 205 Å². The van der Waals surface area contributed by atoms with Crippen molar-refractivity contribution in [2.45, 2.75) is 64.1 Å². The van der Waals surface area contributed by atoms with E-state index in [1.54, 1.807) is 0 Å². The molecule has 26 nitrogen and oxygen atoms in total. The zero-order valence-corrected chi connectivity index (χ0v) is 59.5. The third-order valence-electron chi connectivity index (χ3n) is 10.3. The summed E-state index contributed by atoms with van der Waals surface area (Å²) < 4.78 is 306. The molecule has 0 amide bonds. The zero-order valence-electron chi connectivity index (χ0n) is 47.2. The number of halogens is 11. The smallest absolute Gasteiger partial charge is 0.858 e. The van der Waals surface area contributed by atoms with Gasteiger partial charge in [-0.1, -0.05) is 24.3 Å². The Morgan fingerprint density at radius 3 is 1.02 bits per heavy atom. The van der Waals surface area contributed by atoms with E-state index in [9.17, 15) is 110 Å². The summed E-state index contributed by atoms with van der Waals surface area (Å²) in [7, 11) is -28.8. The Bertz CT molecular complexity index is 3560. The third kappa shape index (κ3) is 29.0. The summed E-state index contributed by atoms with van der Waals surface area (Å²) in [4.78, 5) is 11.0. The molecule has 0 saturated carbocycles. The molecule has 5 unspecified atom stereocenters. The molecule has 4 fully saturated rings. The minimum Gasteiger partial charge on any atom is -0.858 e. The van der Waals surface area contributed by atoms with Crippen molar-refractivity contribution in [2.75, 3.05) is 52.9 Å². The van der Waals surface area contributed by atoms with Crippen molar-refractivity contribution in [2.24, 2.45) is 8.80 Å². The van der Waals surface area contributed by atoms with Crippen LogP contribution in [0.3, 0.4) is 0 Å². The predicted molar refractivity (Wildman–Crippen MR) is 265 cm³/mol. The van der Waals surface area contributed by atoms with E-state index in [2.05, 4.69) is 13.5 Å². The maximum Gasteiger partial charge on any atom is 1.00 e. The van der Waals surface area contributed by atoms with Crippen LogP contribution in [0.15, 0.2) is 111 Å². The fourth-order valence-corrected chi connectivity index (χ4v) is 8.84. The van der Waals surface area contributed by atoms with Crippen molar-refractivity contribution < 1.29 is 304 Å². The normalized spacial score (nSPS) is 18.3. The van der Waals surface area contributed by atoms with Crippen molar-refractivity contribution >= 4 is 68.0 Å². The van der Waals surface area contributed by atoms with E-state index < -0.39 is 101 Å². The van der Waals surface area contributed by atoms with Gasteiger partial charge in [-0.25, -0.2) is 30.0 Å². The van der Waals surface area contributed by atoms with Crippen molar-refractivity contribution in [1.82, 2.24) is 0 Å². The van der Waals surface area contributed by atoms with Crippen LogP contribution in [0, 0.1) is 0 Å². The first-order valence-corrected chi connectivity index (χ1v) is 30.6. The SMILES string of the molecule is CC(OC(=O)c1ccc(OCC2CO2)cc1)C(F)(F)S(=O)(=O)[O-].O=S(=O)(N=C([O-])c1ccc(OCC2CO2)cc1)C(F)(F)F.O=S(=O)(N=C([O-])c1ccc(OCC2CO2)cc1)C(F)(F)F.O=S(=O)([N-]S(=O)(=O)C(F)(F)F)c1ccc(OCC2CO2)cc1.[K+].[K+].[Li+].[Na+]. The van der Waals surface area contributed by atoms with Gasteiger partial charge in [-0.3, -0.25) is 0 Å². The fourth-order valence-electron chi connectivity index (χ4n) is 5.34. The molecular weight excluding hydrogens is 1430 g/mol. The minimum absolute atomic E-state index is 0. The number of ether oxygens (including phenoxy) is 9. The summed E-state index contributed by atoms with van der Waals surface area (Å²) in [6, 6.07) is 19.3. The van der Waals surface area contributed by atoms with Gasteiger partial charge in [0.1, 0.15) is 83.9 Å². The van der Waals surface area contributed by atoms with Gasteiger partial charge in [-0.05, 0) is 90.8 Å². The van der Waals surface area contributed by atoms with Gasteiger partial charge in [0.05, 0.1) is 32.0 Å². The van der Waals surface area contributed by atoms with Crippen LogP contribution in [0.1, 0.15) is 28.4 Å². The molecular formula is C45H40F11K2LiN3NaO23S5. The quantitative estimate of drug-likeness (QED) is 0.0127. The first kappa shape index (κ1) is 87.1. The van der Waals surface area contributed by atoms with Gasteiger partial charge in [0, 0.05) is 16.7 Å². The van der Waals surface area contributed by atoms with Crippen LogP contribution in [0.25, 0.3) is 4.13 Å². The van der Waals surface area contributed by atoms with Crippen LogP contribution in [0.2, 0.25) is 0 Å². The van der Waals surface area contributed by atoms with Gasteiger partial charge >= 0.3 is 199 Å². The molecule has 5 atom stereocenters. The van der Waals surface area contributed by atoms with E-state index in [0.717, 1.165) is 36.4 Å². The van der Waals surface area contributed by atoms with Crippen LogP contribution in [0.5, 0.6) is 23.0 Å². The Kier molecular flexibility index (Phi) is 34.5. The number of carbonyl (C=O) groups is 1. The maximum absolute atomic E-state index is 13.2. The van der Waals surface area contributed by atoms with Gasteiger partial charge in [0.15, 0.2) is 26.2 Å². The van der Waals surface area contributed by atoms with E-state index in [0.29, 0.717) is 70.4 Å². The number of benzene rings is 4. The summed E-state index contributed by atoms with van der Waals surface area (Å²) in [5.74, 6) is -2.72. The number of alkyl halides is 11. The van der Waals surface area contributed by atoms with Crippen molar-refractivity contribution in [3.05, 3.63) is 118 Å². The number of carbonyl (C=O) groups excluding carboxylic acids is 1. The molecule has 4 heterocycles. The molecule has 4 aliphatic rings. The molecule has 0 aromatic heterocycles. The Morgan fingerprint density at radius 2 is 0.780 bits per heavy atom. The molecule has 0 aliphatic carbocycles. The molecule has 8 rings (SSSR count). The van der Waals surface area contributed by atoms with E-state index in [1.807, 2.05) is 4.13 Å². The molecule has 0 N–H and O–H groups in total. The second-order valence-corrected chi connectivity index (χ2v) is 25.4. The number of hydrogen-bond donors (Lipinski definition) is 0. The molecule has 4 aromatic rings. The average molecular weight is 1470 g/mol. The molecule has 4 aliphatic heterocycles. The number of sulfonamides is 4. The maximum atomic E-state index is 13.2. The van der Waals surface area contributed by atoms with Crippen LogP contribution in [0.4, 0.5) is 48.3 Å². The summed E-state index contributed by atoms with van der Waals surface area (Å²) in [6.45, 7) is 4.25. The summed E-state index contributed by atoms with van der Waals surface area (Å²) >= 11 is 0. The van der Waals surface area contributed by atoms with Gasteiger partial charge in [-0.2, -0.15) is 73.9 Å². The Morgan fingerprint density at radius 1 is 0.516 bits per heavy atom. The number of rotatable bonds is 23. The van der Waals surface area contributed by atoms with Crippen LogP contribution in [-0.2, 0) is 73.9 Å². The Hall–Kier alpha value is -1.90. The first-order chi connectivity index (χ1) is 40.0. The van der Waals surface area contributed by atoms with Gasteiger partial charge in [0.25, 0.3) is 0 Å². The Labute approximate surface area is 629 Å². The minimum atomic E-state index is -6.14. The molecule has 484 valence electrons. The average Bonchev–Trinajstić information content (AvgIpc) is 1.72.